The van der Waals surface area contributed by atoms with Crippen molar-refractivity contribution in [3.05, 3.63) is 0 Å². The summed E-state index contributed by atoms with van der Waals surface area (Å²) in [4.78, 5) is 11.8. The molecule has 5 heteroatoms. The minimum atomic E-state index is -2.94. The Morgan fingerprint density at radius 2 is 1.75 bits per heavy atom. The van der Waals surface area contributed by atoms with Crippen LogP contribution < -0.4 is 5.32 Å². The standard InChI is InChI=1S/C11H19NO3S/c13-11(9-6-7-16(14,15)8-9)12-10-4-2-1-3-5-10/h9-10H,1-8H2,(H,12,13)/t9-/m0/s1. The average Bonchev–Trinajstić information content (AvgIpc) is 2.60. The number of carbonyl (C=O) groups excluding carboxylic acids is 1. The molecule has 4 nitrogen and oxygen atoms in total. The Bertz CT molecular complexity index is 357. The van der Waals surface area contributed by atoms with Crippen LogP contribution in [0.4, 0.5) is 0 Å². The van der Waals surface area contributed by atoms with E-state index in [2.05, 4.69) is 5.32 Å². The van der Waals surface area contributed by atoms with Gasteiger partial charge in [0.1, 0.15) is 0 Å². The van der Waals surface area contributed by atoms with Crippen molar-refractivity contribution in [3.8, 4) is 0 Å². The molecule has 92 valence electrons. The van der Waals surface area contributed by atoms with E-state index >= 15 is 0 Å². The number of nitrogens with one attached hydrogen (secondary N) is 1. The first-order chi connectivity index (χ1) is 7.57. The molecule has 1 aliphatic heterocycles. The summed E-state index contributed by atoms with van der Waals surface area (Å²) in [5.74, 6) is -0.124. The van der Waals surface area contributed by atoms with Crippen LogP contribution in [0.1, 0.15) is 38.5 Å². The molecule has 1 atom stereocenters. The van der Waals surface area contributed by atoms with Gasteiger partial charge in [0.25, 0.3) is 0 Å². The molecule has 2 rings (SSSR count). The van der Waals surface area contributed by atoms with Crippen LogP contribution in [0, 0.1) is 5.92 Å². The fraction of sp³-hybridized carbons (Fsp3) is 0.909. The van der Waals surface area contributed by atoms with Crippen LogP contribution in [-0.4, -0.2) is 31.9 Å². The van der Waals surface area contributed by atoms with Gasteiger partial charge in [0, 0.05) is 6.04 Å². The maximum absolute atomic E-state index is 11.8. The first-order valence-electron chi connectivity index (χ1n) is 6.08. The maximum atomic E-state index is 11.8. The topological polar surface area (TPSA) is 63.2 Å². The third kappa shape index (κ3) is 2.97. The molecule has 0 bridgehead atoms. The minimum absolute atomic E-state index is 0.0472. The van der Waals surface area contributed by atoms with E-state index in [1.807, 2.05) is 0 Å². The van der Waals surface area contributed by atoms with Gasteiger partial charge in [-0.15, -0.1) is 0 Å². The molecule has 1 heterocycles. The number of rotatable bonds is 2. The van der Waals surface area contributed by atoms with Crippen molar-refractivity contribution >= 4 is 15.7 Å². The first kappa shape index (κ1) is 11.9. The summed E-state index contributed by atoms with van der Waals surface area (Å²) in [6.45, 7) is 0. The van der Waals surface area contributed by atoms with Gasteiger partial charge in [0.05, 0.1) is 17.4 Å². The van der Waals surface area contributed by atoms with E-state index in [1.54, 1.807) is 0 Å². The highest BCUT2D eigenvalue weighted by molar-refractivity contribution is 7.91. The Hall–Kier alpha value is -0.580. The minimum Gasteiger partial charge on any atom is -0.353 e. The average molecular weight is 245 g/mol. The Morgan fingerprint density at radius 1 is 1.06 bits per heavy atom. The zero-order valence-electron chi connectivity index (χ0n) is 9.44. The Labute approximate surface area is 96.7 Å². The monoisotopic (exact) mass is 245 g/mol. The van der Waals surface area contributed by atoms with Crippen molar-refractivity contribution < 1.29 is 13.2 Å². The van der Waals surface area contributed by atoms with Gasteiger partial charge in [0.2, 0.25) is 5.91 Å². The molecule has 2 fully saturated rings. The number of hydrogen-bond acceptors (Lipinski definition) is 3. The second kappa shape index (κ2) is 4.73. The Balaban J connectivity index is 1.84. The van der Waals surface area contributed by atoms with Gasteiger partial charge in [-0.1, -0.05) is 19.3 Å². The van der Waals surface area contributed by atoms with Gasteiger partial charge < -0.3 is 5.32 Å². The summed E-state index contributed by atoms with van der Waals surface area (Å²) in [7, 11) is -2.94. The SMILES string of the molecule is O=C(NC1CCCCC1)[C@H]1CCS(=O)(=O)C1. The molecule has 0 aromatic heterocycles. The lowest BCUT2D eigenvalue weighted by Crippen LogP contribution is -2.40. The molecule has 16 heavy (non-hydrogen) atoms. The van der Waals surface area contributed by atoms with Crippen molar-refractivity contribution in [2.45, 2.75) is 44.6 Å². The van der Waals surface area contributed by atoms with Gasteiger partial charge in [0.15, 0.2) is 9.84 Å². The summed E-state index contributed by atoms with van der Waals surface area (Å²) in [6.07, 6.45) is 6.20. The van der Waals surface area contributed by atoms with Gasteiger partial charge >= 0.3 is 0 Å². The fourth-order valence-electron chi connectivity index (χ4n) is 2.57. The van der Waals surface area contributed by atoms with Crippen LogP contribution in [0.5, 0.6) is 0 Å². The van der Waals surface area contributed by atoms with Crippen molar-refractivity contribution in [2.75, 3.05) is 11.5 Å². The van der Waals surface area contributed by atoms with Crippen LogP contribution in [0.2, 0.25) is 0 Å². The van der Waals surface area contributed by atoms with E-state index < -0.39 is 9.84 Å². The summed E-state index contributed by atoms with van der Waals surface area (Å²) in [5, 5.41) is 3.00. The van der Waals surface area contributed by atoms with Gasteiger partial charge in [-0.2, -0.15) is 0 Å². The lowest BCUT2D eigenvalue weighted by molar-refractivity contribution is -0.125. The molecule has 1 amide bonds. The number of sulfone groups is 1. The second-order valence-electron chi connectivity index (χ2n) is 4.94. The molecule has 1 saturated heterocycles. The van der Waals surface area contributed by atoms with Gasteiger partial charge in [-0.3, -0.25) is 4.79 Å². The van der Waals surface area contributed by atoms with Crippen molar-refractivity contribution in [1.29, 1.82) is 0 Å². The summed E-state index contributed by atoms with van der Waals surface area (Å²) in [6, 6.07) is 0.282. The predicted octanol–water partition coefficient (Wildman–Crippen LogP) is 0.870. The van der Waals surface area contributed by atoms with E-state index in [9.17, 15) is 13.2 Å². The van der Waals surface area contributed by atoms with E-state index in [1.165, 1.54) is 19.3 Å². The van der Waals surface area contributed by atoms with Crippen LogP contribution in [-0.2, 0) is 14.6 Å². The van der Waals surface area contributed by atoms with E-state index in [-0.39, 0.29) is 29.4 Å². The number of hydrogen-bond donors (Lipinski definition) is 1. The first-order valence-corrected chi connectivity index (χ1v) is 7.90. The van der Waals surface area contributed by atoms with Crippen LogP contribution in [0.3, 0.4) is 0 Å². The quantitative estimate of drug-likeness (QED) is 0.785. The molecule has 1 aliphatic carbocycles. The molecule has 0 aromatic carbocycles. The zero-order chi connectivity index (χ0) is 11.6. The highest BCUT2D eigenvalue weighted by Gasteiger charge is 2.33. The van der Waals surface area contributed by atoms with Gasteiger partial charge in [-0.05, 0) is 19.3 Å². The maximum Gasteiger partial charge on any atom is 0.224 e. The summed E-state index contributed by atoms with van der Waals surface area (Å²) < 4.78 is 22.5. The van der Waals surface area contributed by atoms with Crippen molar-refractivity contribution in [1.82, 2.24) is 5.32 Å². The fourth-order valence-corrected chi connectivity index (χ4v) is 4.31. The van der Waals surface area contributed by atoms with Crippen LogP contribution in [0.15, 0.2) is 0 Å². The molecule has 1 saturated carbocycles. The second-order valence-corrected chi connectivity index (χ2v) is 7.17. The van der Waals surface area contributed by atoms with E-state index in [0.29, 0.717) is 6.42 Å². The number of amides is 1. The Kier molecular flexibility index (Phi) is 3.52. The van der Waals surface area contributed by atoms with E-state index in [0.717, 1.165) is 12.8 Å². The molecule has 0 unspecified atom stereocenters. The predicted molar refractivity (Wildman–Crippen MR) is 61.8 cm³/mol. The molecule has 2 aliphatic rings. The van der Waals surface area contributed by atoms with Crippen molar-refractivity contribution in [3.63, 3.8) is 0 Å². The number of carbonyl (C=O) groups is 1. The van der Waals surface area contributed by atoms with E-state index in [4.69, 9.17) is 0 Å². The molecule has 1 N–H and O–H groups in total. The highest BCUT2D eigenvalue weighted by atomic mass is 32.2. The highest BCUT2D eigenvalue weighted by Crippen LogP contribution is 2.21. The molecule has 0 radical (unpaired) electrons. The summed E-state index contributed by atoms with van der Waals surface area (Å²) in [5.41, 5.74) is 0. The largest absolute Gasteiger partial charge is 0.353 e. The molecule has 0 aromatic rings. The lowest BCUT2D eigenvalue weighted by atomic mass is 9.95. The molecule has 0 spiro atoms. The molecular formula is C11H19NO3S. The van der Waals surface area contributed by atoms with Crippen LogP contribution >= 0.6 is 0 Å². The molecular weight excluding hydrogens is 226 g/mol. The van der Waals surface area contributed by atoms with Crippen LogP contribution in [0.25, 0.3) is 0 Å². The smallest absolute Gasteiger partial charge is 0.224 e. The Morgan fingerprint density at radius 3 is 2.31 bits per heavy atom. The van der Waals surface area contributed by atoms with Crippen molar-refractivity contribution in [2.24, 2.45) is 5.92 Å². The third-order valence-corrected chi connectivity index (χ3v) is 5.32. The third-order valence-electron chi connectivity index (χ3n) is 3.55. The lowest BCUT2D eigenvalue weighted by Gasteiger charge is -2.24. The zero-order valence-corrected chi connectivity index (χ0v) is 10.3. The van der Waals surface area contributed by atoms with Gasteiger partial charge in [-0.25, -0.2) is 8.42 Å². The summed E-state index contributed by atoms with van der Waals surface area (Å²) >= 11 is 0. The normalized spacial score (nSPS) is 30.1.